The molecule has 0 heterocycles. The first-order valence-electron chi connectivity index (χ1n) is 10.8. The first kappa shape index (κ1) is 32.1. The van der Waals surface area contributed by atoms with E-state index in [1.807, 2.05) is 32.9 Å². The maximum Gasteiger partial charge on any atom is 0.184 e. The van der Waals surface area contributed by atoms with Gasteiger partial charge in [0.25, 0.3) is 0 Å². The van der Waals surface area contributed by atoms with Gasteiger partial charge in [-0.1, -0.05) is 44.7 Å². The fraction of sp³-hybridized carbons (Fsp3) is 0.478. The number of aliphatic hydroxyl groups excluding tert-OH is 1. The van der Waals surface area contributed by atoms with Crippen molar-refractivity contribution in [2.24, 2.45) is 0 Å². The lowest BCUT2D eigenvalue weighted by atomic mass is 10.2. The van der Waals surface area contributed by atoms with Gasteiger partial charge in [0.15, 0.2) is 11.6 Å². The Balaban J connectivity index is 0.00000138. The monoisotopic (exact) mass is 524 g/mol. The van der Waals surface area contributed by atoms with Gasteiger partial charge in [0.2, 0.25) is 0 Å². The molecular formula is C23H36F3N2O4PS. The summed E-state index contributed by atoms with van der Waals surface area (Å²) in [7, 11) is -2.20. The average molecular weight is 525 g/mol. The van der Waals surface area contributed by atoms with Crippen LogP contribution in [0.5, 0.6) is 5.75 Å². The molecule has 0 radical (unpaired) electrons. The zero-order valence-electron chi connectivity index (χ0n) is 20.3. The number of ether oxygens (including phenoxy) is 1. The third kappa shape index (κ3) is 9.78. The van der Waals surface area contributed by atoms with Crippen LogP contribution in [0.4, 0.5) is 24.5 Å². The Hall–Kier alpha value is -1.87. The number of anilines is 2. The molecule has 1 aromatic rings. The van der Waals surface area contributed by atoms with Crippen molar-refractivity contribution in [3.8, 4) is 5.75 Å². The van der Waals surface area contributed by atoms with E-state index in [0.717, 1.165) is 6.07 Å². The number of hydrogen-bond acceptors (Lipinski definition) is 5. The first-order chi connectivity index (χ1) is 16.2. The summed E-state index contributed by atoms with van der Waals surface area (Å²) >= 11 is 0. The van der Waals surface area contributed by atoms with E-state index < -0.39 is 53.4 Å². The van der Waals surface area contributed by atoms with Gasteiger partial charge in [0, 0.05) is 12.2 Å². The molecule has 11 heteroatoms. The van der Waals surface area contributed by atoms with Crippen molar-refractivity contribution < 1.29 is 32.1 Å². The van der Waals surface area contributed by atoms with Crippen LogP contribution >= 0.6 is 8.15 Å². The molecule has 2 rings (SSSR count). The largest absolute Gasteiger partial charge is 0.494 e. The molecule has 0 saturated heterocycles. The van der Waals surface area contributed by atoms with Crippen LogP contribution in [0.3, 0.4) is 0 Å². The topological polar surface area (TPSA) is 90.8 Å². The highest BCUT2D eigenvalue weighted by Crippen LogP contribution is 2.50. The number of aliphatic hydroxyl groups is 1. The zero-order chi connectivity index (χ0) is 26.3. The Morgan fingerprint density at radius 2 is 1.94 bits per heavy atom. The standard InChI is InChI=1S/C16H22F3N2O4PS.C5H8.C2H6/c1-3-10(17)7-20-15-13(19)11(18)6-12(25-2)14(15)21-27(24)16(4-5-16)8-26(23)9-22;1-3-5-4-2;1-2/h3,6,20-23H,4-5,7-9H2,1-2H3;3-5H,1H2,2H3;1-2H3/b10-3+;5-4+;. The van der Waals surface area contributed by atoms with Crippen LogP contribution in [0.25, 0.3) is 0 Å². The number of allylic oxidation sites excluding steroid dienone is 4. The summed E-state index contributed by atoms with van der Waals surface area (Å²) < 4.78 is 61.3. The van der Waals surface area contributed by atoms with Gasteiger partial charge in [-0.05, 0) is 26.7 Å². The lowest BCUT2D eigenvalue weighted by Crippen LogP contribution is -2.27. The van der Waals surface area contributed by atoms with Crippen LogP contribution < -0.4 is 14.8 Å². The van der Waals surface area contributed by atoms with Crippen molar-refractivity contribution in [3.63, 3.8) is 0 Å². The van der Waals surface area contributed by atoms with Gasteiger partial charge < -0.3 is 20.1 Å². The highest BCUT2D eigenvalue weighted by atomic mass is 32.2. The van der Waals surface area contributed by atoms with Crippen LogP contribution in [0.15, 0.2) is 42.8 Å². The first-order valence-corrected chi connectivity index (χ1v) is 13.6. The van der Waals surface area contributed by atoms with Crippen molar-refractivity contribution in [3.05, 3.63) is 54.4 Å². The smallest absolute Gasteiger partial charge is 0.184 e. The van der Waals surface area contributed by atoms with Crippen LogP contribution in [0.1, 0.15) is 40.5 Å². The second-order valence-corrected chi connectivity index (χ2v) is 10.1. The molecule has 34 heavy (non-hydrogen) atoms. The molecular weight excluding hydrogens is 488 g/mol. The summed E-state index contributed by atoms with van der Waals surface area (Å²) in [5.74, 6) is -3.15. The molecule has 0 spiro atoms. The van der Waals surface area contributed by atoms with Gasteiger partial charge in [-0.2, -0.15) is 0 Å². The molecule has 1 aromatic carbocycles. The number of rotatable bonds is 11. The van der Waals surface area contributed by atoms with E-state index in [2.05, 4.69) is 16.6 Å². The Morgan fingerprint density at radius 1 is 1.32 bits per heavy atom. The lowest BCUT2D eigenvalue weighted by Gasteiger charge is -2.22. The molecule has 0 amide bonds. The second-order valence-electron chi connectivity index (χ2n) is 6.83. The number of methoxy groups -OCH3 is 1. The molecule has 1 aliphatic rings. The minimum absolute atomic E-state index is 0.101. The maximum atomic E-state index is 14.3. The molecule has 2 unspecified atom stereocenters. The van der Waals surface area contributed by atoms with Gasteiger partial charge in [-0.3, -0.25) is 4.72 Å². The minimum atomic E-state index is -1.77. The fourth-order valence-electron chi connectivity index (χ4n) is 2.57. The van der Waals surface area contributed by atoms with Crippen LogP contribution in [0, 0.1) is 11.6 Å². The van der Waals surface area contributed by atoms with Gasteiger partial charge >= 0.3 is 0 Å². The quantitative estimate of drug-likeness (QED) is 0.211. The van der Waals surface area contributed by atoms with Gasteiger partial charge in [-0.25, -0.2) is 17.4 Å². The Bertz CT molecular complexity index is 865. The molecule has 6 nitrogen and oxygen atoms in total. The van der Waals surface area contributed by atoms with E-state index >= 15 is 0 Å². The van der Waals surface area contributed by atoms with Crippen molar-refractivity contribution in [2.45, 2.75) is 45.3 Å². The predicted molar refractivity (Wildman–Crippen MR) is 137 cm³/mol. The van der Waals surface area contributed by atoms with E-state index in [1.165, 1.54) is 20.1 Å². The van der Waals surface area contributed by atoms with Crippen LogP contribution in [-0.4, -0.2) is 45.1 Å². The highest BCUT2D eigenvalue weighted by molar-refractivity contribution is 7.88. The van der Waals surface area contributed by atoms with E-state index in [-0.39, 0.29) is 24.1 Å². The summed E-state index contributed by atoms with van der Waals surface area (Å²) in [5, 5.41) is 11.5. The maximum absolute atomic E-state index is 14.3. The minimum Gasteiger partial charge on any atom is -0.494 e. The molecule has 1 fully saturated rings. The van der Waals surface area contributed by atoms with Crippen molar-refractivity contribution in [1.29, 1.82) is 0 Å². The Morgan fingerprint density at radius 3 is 2.35 bits per heavy atom. The van der Waals surface area contributed by atoms with Gasteiger partial charge in [-0.15, -0.1) is 0 Å². The second kappa shape index (κ2) is 16.7. The molecule has 0 aliphatic heterocycles. The summed E-state index contributed by atoms with van der Waals surface area (Å²) in [6, 6.07) is 0.804. The highest BCUT2D eigenvalue weighted by Gasteiger charge is 2.50. The number of nitrogens with one attached hydrogen (secondary N) is 2. The van der Waals surface area contributed by atoms with E-state index in [0.29, 0.717) is 12.8 Å². The summed E-state index contributed by atoms with van der Waals surface area (Å²) in [6.07, 6.45) is 7.60. The van der Waals surface area contributed by atoms with Crippen molar-refractivity contribution in [1.82, 2.24) is 0 Å². The van der Waals surface area contributed by atoms with E-state index in [1.54, 1.807) is 6.08 Å². The fourth-order valence-corrected chi connectivity index (χ4v) is 5.64. The molecule has 1 aliphatic carbocycles. The van der Waals surface area contributed by atoms with Crippen LogP contribution in [0.2, 0.25) is 0 Å². The molecule has 4 N–H and O–H groups in total. The SMILES string of the molecule is C/C=C(/F)CNc1c(F)c(F)cc(OC)c1NS(=O)C1(CP(O)CO)CC1.C=C/C=C/C.CC. The van der Waals surface area contributed by atoms with Gasteiger partial charge in [0.1, 0.15) is 33.9 Å². The molecule has 1 saturated carbocycles. The molecule has 0 bridgehead atoms. The summed E-state index contributed by atoms with van der Waals surface area (Å²) in [5.41, 5.74) is -0.502. The van der Waals surface area contributed by atoms with Crippen molar-refractivity contribution >= 4 is 30.5 Å². The molecule has 194 valence electrons. The Kier molecular flexibility index (Phi) is 15.8. The summed E-state index contributed by atoms with van der Waals surface area (Å²) in [4.78, 5) is 9.71. The van der Waals surface area contributed by atoms with E-state index in [9.17, 15) is 22.3 Å². The zero-order valence-corrected chi connectivity index (χ0v) is 22.0. The normalized spacial score (nSPS) is 15.8. The average Bonchev–Trinajstić information content (AvgIpc) is 3.63. The third-order valence-corrected chi connectivity index (χ3v) is 7.75. The number of benzene rings is 1. The van der Waals surface area contributed by atoms with Gasteiger partial charge in [0.05, 0.1) is 32.9 Å². The molecule has 0 aromatic heterocycles. The van der Waals surface area contributed by atoms with Crippen LogP contribution in [-0.2, 0) is 11.0 Å². The third-order valence-electron chi connectivity index (χ3n) is 4.51. The lowest BCUT2D eigenvalue weighted by molar-refractivity contribution is 0.356. The van der Waals surface area contributed by atoms with Crippen molar-refractivity contribution in [2.75, 3.05) is 36.2 Å². The number of halogens is 3. The summed E-state index contributed by atoms with van der Waals surface area (Å²) in [6.45, 7) is 10.5. The Labute approximate surface area is 204 Å². The molecule has 2 atom stereocenters. The van der Waals surface area contributed by atoms with E-state index in [4.69, 9.17) is 9.84 Å². The number of hydrogen-bond donors (Lipinski definition) is 4. The predicted octanol–water partition coefficient (Wildman–Crippen LogP) is 5.98.